The number of benzene rings is 2. The number of nitrogens with one attached hydrogen (secondary N) is 1. The summed E-state index contributed by atoms with van der Waals surface area (Å²) in [6.45, 7) is 4.59. The van der Waals surface area contributed by atoms with Gasteiger partial charge in [-0.1, -0.05) is 245 Å². The number of phenolic OH excluding ortho intramolecular Hbond substituents is 1. The van der Waals surface area contributed by atoms with E-state index in [-0.39, 0.29) is 11.7 Å². The van der Waals surface area contributed by atoms with E-state index >= 15 is 0 Å². The van der Waals surface area contributed by atoms with Crippen molar-refractivity contribution in [2.24, 2.45) is 9.98 Å². The first-order chi connectivity index (χ1) is 30.6. The standard InChI is InChI=1S/C57H97N3O2/c1-3-5-7-9-11-13-15-17-19-21-23-25-27-29-31-33-35-37-39-41-47-58-54-49-52(57(62)60-53-43-45-56(61)46-44-53)50-55(51-54)59-48-42-40-38-36-34-32-30-28-26-24-22-20-18-16-14-12-10-8-6-4-2/h43-51,61H,3-42H2,1-2H3,(H,60,62). The Labute approximate surface area is 383 Å². The third-order valence-corrected chi connectivity index (χ3v) is 12.6. The second-order valence-corrected chi connectivity index (χ2v) is 18.7. The van der Waals surface area contributed by atoms with Gasteiger partial charge in [-0.05, 0) is 68.1 Å². The predicted molar refractivity (Wildman–Crippen MR) is 275 cm³/mol. The highest BCUT2D eigenvalue weighted by Gasteiger charge is 2.10. The smallest absolute Gasteiger partial charge is 0.255 e. The van der Waals surface area contributed by atoms with Crippen LogP contribution in [-0.2, 0) is 0 Å². The first-order valence-corrected chi connectivity index (χ1v) is 26.9. The van der Waals surface area contributed by atoms with E-state index < -0.39 is 0 Å². The van der Waals surface area contributed by atoms with Gasteiger partial charge in [0.15, 0.2) is 0 Å². The summed E-state index contributed by atoms with van der Waals surface area (Å²) < 4.78 is 0. The second-order valence-electron chi connectivity index (χ2n) is 18.7. The molecule has 2 aromatic rings. The van der Waals surface area contributed by atoms with Crippen LogP contribution < -0.4 is 5.32 Å². The maximum Gasteiger partial charge on any atom is 0.255 e. The van der Waals surface area contributed by atoms with Crippen molar-refractivity contribution in [2.45, 2.75) is 271 Å². The van der Waals surface area contributed by atoms with E-state index in [1.807, 2.05) is 30.6 Å². The summed E-state index contributed by atoms with van der Waals surface area (Å²) in [6.07, 6.45) is 58.6. The van der Waals surface area contributed by atoms with Crippen molar-refractivity contribution in [1.29, 1.82) is 0 Å². The molecule has 0 atom stereocenters. The van der Waals surface area contributed by atoms with E-state index in [0.717, 1.165) is 37.1 Å². The minimum absolute atomic E-state index is 0.172. The van der Waals surface area contributed by atoms with Gasteiger partial charge in [-0.15, -0.1) is 0 Å². The van der Waals surface area contributed by atoms with E-state index in [0.29, 0.717) is 11.3 Å². The molecular weight excluding hydrogens is 759 g/mol. The van der Waals surface area contributed by atoms with Crippen LogP contribution in [0.1, 0.15) is 281 Å². The molecule has 0 aliphatic rings. The van der Waals surface area contributed by atoms with E-state index in [1.165, 1.54) is 231 Å². The van der Waals surface area contributed by atoms with Gasteiger partial charge in [0.1, 0.15) is 5.75 Å². The predicted octanol–water partition coefficient (Wildman–Crippen LogP) is 19.7. The molecule has 0 saturated carbocycles. The molecule has 5 nitrogen and oxygen atoms in total. The van der Waals surface area contributed by atoms with Crippen LogP contribution in [0.2, 0.25) is 0 Å². The number of carbonyl (C=O) groups is 1. The van der Waals surface area contributed by atoms with Crippen LogP contribution in [-0.4, -0.2) is 23.4 Å². The summed E-state index contributed by atoms with van der Waals surface area (Å²) >= 11 is 0. The van der Waals surface area contributed by atoms with E-state index in [1.54, 1.807) is 24.3 Å². The van der Waals surface area contributed by atoms with E-state index in [4.69, 9.17) is 9.98 Å². The zero-order valence-corrected chi connectivity index (χ0v) is 40.7. The van der Waals surface area contributed by atoms with Gasteiger partial charge in [0.2, 0.25) is 0 Å². The molecule has 1 amide bonds. The molecule has 0 fully saturated rings. The van der Waals surface area contributed by atoms with Gasteiger partial charge >= 0.3 is 0 Å². The number of aromatic hydroxyl groups is 1. The van der Waals surface area contributed by atoms with Gasteiger partial charge in [0, 0.05) is 23.7 Å². The Morgan fingerprint density at radius 1 is 0.419 bits per heavy atom. The fraction of sp³-hybridized carbons (Fsp3) is 0.737. The van der Waals surface area contributed by atoms with Crippen LogP contribution in [0.25, 0.3) is 0 Å². The van der Waals surface area contributed by atoms with Crippen molar-refractivity contribution < 1.29 is 9.90 Å². The molecule has 0 aromatic heterocycles. The number of hydrogen-bond acceptors (Lipinski definition) is 4. The van der Waals surface area contributed by atoms with Crippen LogP contribution in [0.3, 0.4) is 0 Å². The van der Waals surface area contributed by atoms with E-state index in [2.05, 4.69) is 19.2 Å². The summed E-state index contributed by atoms with van der Waals surface area (Å²) in [5.41, 5.74) is 2.70. The van der Waals surface area contributed by atoms with Crippen LogP contribution in [0.4, 0.5) is 17.1 Å². The highest BCUT2D eigenvalue weighted by atomic mass is 16.3. The highest BCUT2D eigenvalue weighted by molar-refractivity contribution is 6.05. The topological polar surface area (TPSA) is 74.0 Å². The molecule has 0 bridgehead atoms. The van der Waals surface area contributed by atoms with Gasteiger partial charge in [0.25, 0.3) is 5.91 Å². The fourth-order valence-corrected chi connectivity index (χ4v) is 8.59. The van der Waals surface area contributed by atoms with Gasteiger partial charge in [-0.25, -0.2) is 0 Å². The molecule has 2 rings (SSSR count). The maximum absolute atomic E-state index is 13.3. The molecule has 0 saturated heterocycles. The summed E-state index contributed by atoms with van der Waals surface area (Å²) in [5, 5.41) is 12.6. The molecule has 0 aliphatic carbocycles. The maximum atomic E-state index is 13.3. The largest absolute Gasteiger partial charge is 0.508 e. The normalized spacial score (nSPS) is 11.7. The zero-order valence-electron chi connectivity index (χ0n) is 40.7. The van der Waals surface area contributed by atoms with Crippen LogP contribution >= 0.6 is 0 Å². The highest BCUT2D eigenvalue weighted by Crippen LogP contribution is 2.26. The molecule has 0 unspecified atom stereocenters. The van der Waals surface area contributed by atoms with Gasteiger partial charge in [-0.2, -0.15) is 0 Å². The molecule has 2 N–H and O–H groups in total. The number of amides is 1. The minimum atomic E-state index is -0.207. The van der Waals surface area contributed by atoms with Crippen molar-refractivity contribution in [1.82, 2.24) is 0 Å². The Hall–Kier alpha value is -2.95. The number of nitrogens with zero attached hydrogens (tertiary/aromatic N) is 2. The Balaban J connectivity index is 1.58. The Morgan fingerprint density at radius 2 is 0.694 bits per heavy atom. The molecular formula is C57H97N3O2. The van der Waals surface area contributed by atoms with Gasteiger partial charge in [0.05, 0.1) is 11.4 Å². The number of rotatable bonds is 44. The third kappa shape index (κ3) is 33.6. The average Bonchev–Trinajstić information content (AvgIpc) is 3.28. The number of hydrogen-bond donors (Lipinski definition) is 2. The molecule has 0 aliphatic heterocycles. The molecule has 0 heterocycles. The lowest BCUT2D eigenvalue weighted by Crippen LogP contribution is -2.11. The molecule has 62 heavy (non-hydrogen) atoms. The molecule has 5 heteroatoms. The lowest BCUT2D eigenvalue weighted by Gasteiger charge is -2.07. The minimum Gasteiger partial charge on any atom is -0.508 e. The number of phenols is 1. The SMILES string of the molecule is CCCCCCCCCCCCCCCCCCCCCC=Nc1cc(N=CCCCCCCCCCCCCCCCCCCCCC)cc(C(=O)Nc2ccc(O)cc2)c1. The second kappa shape index (κ2) is 42.0. The molecule has 2 aromatic carbocycles. The fourth-order valence-electron chi connectivity index (χ4n) is 8.59. The molecule has 0 spiro atoms. The summed E-state index contributed by atoms with van der Waals surface area (Å²) in [5.74, 6) is -0.0344. The molecule has 352 valence electrons. The summed E-state index contributed by atoms with van der Waals surface area (Å²) in [4.78, 5) is 22.8. The van der Waals surface area contributed by atoms with Crippen molar-refractivity contribution in [3.63, 3.8) is 0 Å². The number of unbranched alkanes of at least 4 members (excludes halogenated alkanes) is 38. The Kier molecular flexibility index (Phi) is 37.4. The van der Waals surface area contributed by atoms with Crippen molar-refractivity contribution >= 4 is 35.4 Å². The number of anilines is 1. The van der Waals surface area contributed by atoms with Gasteiger partial charge in [-0.3, -0.25) is 14.8 Å². The van der Waals surface area contributed by atoms with Crippen LogP contribution in [0.5, 0.6) is 5.75 Å². The number of carbonyl (C=O) groups excluding carboxylic acids is 1. The summed E-state index contributed by atoms with van der Waals surface area (Å²) in [6, 6.07) is 12.2. The van der Waals surface area contributed by atoms with E-state index in [9.17, 15) is 9.90 Å². The Morgan fingerprint density at radius 3 is 0.984 bits per heavy atom. The lowest BCUT2D eigenvalue weighted by atomic mass is 10.0. The zero-order chi connectivity index (χ0) is 44.2. The van der Waals surface area contributed by atoms with Crippen molar-refractivity contribution in [3.05, 3.63) is 48.0 Å². The van der Waals surface area contributed by atoms with Crippen molar-refractivity contribution in [2.75, 3.05) is 5.32 Å². The Bertz CT molecular complexity index is 1280. The quantitative estimate of drug-likeness (QED) is 0.0396. The van der Waals surface area contributed by atoms with Crippen molar-refractivity contribution in [3.8, 4) is 5.75 Å². The first-order valence-electron chi connectivity index (χ1n) is 26.9. The van der Waals surface area contributed by atoms with Crippen LogP contribution in [0.15, 0.2) is 52.4 Å². The molecule has 0 radical (unpaired) electrons. The lowest BCUT2D eigenvalue weighted by molar-refractivity contribution is 0.102. The monoisotopic (exact) mass is 856 g/mol. The first kappa shape index (κ1) is 55.2. The van der Waals surface area contributed by atoms with Crippen LogP contribution in [0, 0.1) is 0 Å². The number of aliphatic imine (C=N–C) groups is 2. The summed E-state index contributed by atoms with van der Waals surface area (Å²) in [7, 11) is 0. The average molecular weight is 856 g/mol. The third-order valence-electron chi connectivity index (χ3n) is 12.6. The van der Waals surface area contributed by atoms with Gasteiger partial charge < -0.3 is 10.4 Å².